The van der Waals surface area contributed by atoms with Crippen LogP contribution in [0.5, 0.6) is 0 Å². The molecule has 1 aliphatic heterocycles. The third-order valence-corrected chi connectivity index (χ3v) is 5.93. The Morgan fingerprint density at radius 2 is 1.53 bits per heavy atom. The molecule has 4 rings (SSSR count). The SMILES string of the molecule is Cc1ccc(N2C[C@H](NC(=O)NCCC(c3ccccc3)c3ccccc3)CC2=O)cc1. The lowest BCUT2D eigenvalue weighted by atomic mass is 9.88. The summed E-state index contributed by atoms with van der Waals surface area (Å²) in [6, 6.07) is 28.2. The molecule has 2 N–H and O–H groups in total. The van der Waals surface area contributed by atoms with Crippen molar-refractivity contribution in [3.8, 4) is 0 Å². The van der Waals surface area contributed by atoms with Gasteiger partial charge in [0.1, 0.15) is 0 Å². The van der Waals surface area contributed by atoms with Crippen molar-refractivity contribution >= 4 is 17.6 Å². The molecular formula is C27H29N3O2. The van der Waals surface area contributed by atoms with E-state index in [0.29, 0.717) is 19.5 Å². The van der Waals surface area contributed by atoms with Crippen LogP contribution in [0.2, 0.25) is 0 Å². The summed E-state index contributed by atoms with van der Waals surface area (Å²) in [6.07, 6.45) is 1.11. The lowest BCUT2D eigenvalue weighted by molar-refractivity contribution is -0.117. The van der Waals surface area contributed by atoms with Crippen LogP contribution in [0.3, 0.4) is 0 Å². The predicted molar refractivity (Wildman–Crippen MR) is 128 cm³/mol. The molecule has 0 saturated carbocycles. The lowest BCUT2D eigenvalue weighted by Crippen LogP contribution is -2.43. The smallest absolute Gasteiger partial charge is 0.315 e. The van der Waals surface area contributed by atoms with Crippen LogP contribution in [0.4, 0.5) is 10.5 Å². The fourth-order valence-corrected chi connectivity index (χ4v) is 4.24. The quantitative estimate of drug-likeness (QED) is 0.578. The molecule has 1 heterocycles. The third kappa shape index (κ3) is 5.35. The van der Waals surface area contributed by atoms with E-state index in [1.165, 1.54) is 11.1 Å². The lowest BCUT2D eigenvalue weighted by Gasteiger charge is -2.20. The summed E-state index contributed by atoms with van der Waals surface area (Å²) in [5, 5.41) is 5.94. The summed E-state index contributed by atoms with van der Waals surface area (Å²) in [7, 11) is 0. The van der Waals surface area contributed by atoms with E-state index in [4.69, 9.17) is 0 Å². The van der Waals surface area contributed by atoms with E-state index in [1.807, 2.05) is 67.6 Å². The maximum absolute atomic E-state index is 12.5. The number of amides is 3. The first-order chi connectivity index (χ1) is 15.6. The number of nitrogens with one attached hydrogen (secondary N) is 2. The minimum atomic E-state index is -0.228. The monoisotopic (exact) mass is 427 g/mol. The number of hydrogen-bond acceptors (Lipinski definition) is 2. The Hall–Kier alpha value is -3.60. The molecule has 0 aromatic heterocycles. The molecule has 0 unspecified atom stereocenters. The van der Waals surface area contributed by atoms with Gasteiger partial charge in [-0.1, -0.05) is 78.4 Å². The van der Waals surface area contributed by atoms with Crippen molar-refractivity contribution < 1.29 is 9.59 Å². The minimum absolute atomic E-state index is 0.0346. The molecule has 5 heteroatoms. The van der Waals surface area contributed by atoms with Crippen LogP contribution >= 0.6 is 0 Å². The number of anilines is 1. The van der Waals surface area contributed by atoms with Crippen molar-refractivity contribution in [3.05, 3.63) is 102 Å². The summed E-state index contributed by atoms with van der Waals surface area (Å²) in [6.45, 7) is 3.05. The Balaban J connectivity index is 1.30. The topological polar surface area (TPSA) is 61.4 Å². The van der Waals surface area contributed by atoms with Gasteiger partial charge in [-0.25, -0.2) is 4.79 Å². The van der Waals surface area contributed by atoms with Gasteiger partial charge in [0, 0.05) is 31.1 Å². The van der Waals surface area contributed by atoms with Crippen molar-refractivity contribution in [1.29, 1.82) is 0 Å². The predicted octanol–water partition coefficient (Wildman–Crippen LogP) is 4.62. The number of rotatable bonds is 7. The number of aryl methyl sites for hydroxylation is 1. The Bertz CT molecular complexity index is 996. The van der Waals surface area contributed by atoms with E-state index in [9.17, 15) is 9.59 Å². The summed E-state index contributed by atoms with van der Waals surface area (Å²) in [4.78, 5) is 26.7. The molecule has 3 aromatic rings. The van der Waals surface area contributed by atoms with Crippen LogP contribution in [0, 0.1) is 6.92 Å². The zero-order valence-electron chi connectivity index (χ0n) is 18.3. The molecule has 0 radical (unpaired) electrons. The average Bonchev–Trinajstić information content (AvgIpc) is 3.18. The van der Waals surface area contributed by atoms with Gasteiger partial charge in [-0.05, 0) is 36.6 Å². The largest absolute Gasteiger partial charge is 0.338 e. The highest BCUT2D eigenvalue weighted by molar-refractivity contribution is 5.96. The van der Waals surface area contributed by atoms with Crippen molar-refractivity contribution in [2.24, 2.45) is 0 Å². The number of carbonyl (C=O) groups is 2. The van der Waals surface area contributed by atoms with E-state index < -0.39 is 0 Å². The van der Waals surface area contributed by atoms with Gasteiger partial charge in [-0.15, -0.1) is 0 Å². The summed E-state index contributed by atoms with van der Waals surface area (Å²) in [5.41, 5.74) is 4.49. The highest BCUT2D eigenvalue weighted by Gasteiger charge is 2.31. The molecule has 0 bridgehead atoms. The normalized spacial score (nSPS) is 15.8. The summed E-state index contributed by atoms with van der Waals surface area (Å²) < 4.78 is 0. The fourth-order valence-electron chi connectivity index (χ4n) is 4.24. The minimum Gasteiger partial charge on any atom is -0.338 e. The molecule has 1 atom stereocenters. The zero-order chi connectivity index (χ0) is 22.3. The third-order valence-electron chi connectivity index (χ3n) is 5.93. The van der Waals surface area contributed by atoms with E-state index in [0.717, 1.165) is 17.7 Å². The van der Waals surface area contributed by atoms with Crippen LogP contribution in [-0.2, 0) is 4.79 Å². The fraction of sp³-hybridized carbons (Fsp3) is 0.259. The number of carbonyl (C=O) groups excluding carboxylic acids is 2. The maximum atomic E-state index is 12.5. The zero-order valence-corrected chi connectivity index (χ0v) is 18.3. The van der Waals surface area contributed by atoms with E-state index in [2.05, 4.69) is 34.9 Å². The Labute approximate surface area is 189 Å². The van der Waals surface area contributed by atoms with Crippen molar-refractivity contribution in [1.82, 2.24) is 10.6 Å². The molecule has 0 aliphatic carbocycles. The van der Waals surface area contributed by atoms with Crippen LogP contribution in [0.1, 0.15) is 35.4 Å². The molecular weight excluding hydrogens is 398 g/mol. The van der Waals surface area contributed by atoms with Gasteiger partial charge >= 0.3 is 6.03 Å². The van der Waals surface area contributed by atoms with Gasteiger partial charge in [0.2, 0.25) is 5.91 Å². The van der Waals surface area contributed by atoms with Crippen LogP contribution in [0.15, 0.2) is 84.9 Å². The molecule has 1 saturated heterocycles. The van der Waals surface area contributed by atoms with E-state index in [1.54, 1.807) is 4.90 Å². The first kappa shape index (κ1) is 21.6. The average molecular weight is 428 g/mol. The number of hydrogen-bond donors (Lipinski definition) is 2. The van der Waals surface area contributed by atoms with Gasteiger partial charge in [0.05, 0.1) is 6.04 Å². The maximum Gasteiger partial charge on any atom is 0.315 e. The second-order valence-electron chi connectivity index (χ2n) is 8.30. The molecule has 3 amide bonds. The number of nitrogens with zero attached hydrogens (tertiary/aromatic N) is 1. The second-order valence-corrected chi connectivity index (χ2v) is 8.30. The van der Waals surface area contributed by atoms with Crippen LogP contribution in [0.25, 0.3) is 0 Å². The second kappa shape index (κ2) is 10.1. The summed E-state index contributed by atoms with van der Waals surface area (Å²) in [5.74, 6) is 0.246. The molecule has 0 spiro atoms. The van der Waals surface area contributed by atoms with E-state index in [-0.39, 0.29) is 23.9 Å². The van der Waals surface area contributed by atoms with Gasteiger partial charge in [-0.3, -0.25) is 4.79 Å². The standard InChI is InChI=1S/C27H29N3O2/c1-20-12-14-24(15-13-20)30-19-23(18-26(30)31)29-27(32)28-17-16-25(21-8-4-2-5-9-21)22-10-6-3-7-11-22/h2-15,23,25H,16-19H2,1H3,(H2,28,29,32)/t23-/m1/s1. The molecule has 5 nitrogen and oxygen atoms in total. The Kier molecular flexibility index (Phi) is 6.85. The van der Waals surface area contributed by atoms with Gasteiger partial charge in [0.25, 0.3) is 0 Å². The van der Waals surface area contributed by atoms with Crippen molar-refractivity contribution in [3.63, 3.8) is 0 Å². The Morgan fingerprint density at radius 1 is 0.938 bits per heavy atom. The van der Waals surface area contributed by atoms with Gasteiger partial charge in [-0.2, -0.15) is 0 Å². The van der Waals surface area contributed by atoms with Gasteiger partial charge in [0.15, 0.2) is 0 Å². The highest BCUT2D eigenvalue weighted by atomic mass is 16.2. The van der Waals surface area contributed by atoms with Gasteiger partial charge < -0.3 is 15.5 Å². The Morgan fingerprint density at radius 3 is 2.12 bits per heavy atom. The number of benzene rings is 3. The highest BCUT2D eigenvalue weighted by Crippen LogP contribution is 2.27. The molecule has 32 heavy (non-hydrogen) atoms. The molecule has 164 valence electrons. The molecule has 1 aliphatic rings. The number of urea groups is 1. The molecule has 1 fully saturated rings. The van der Waals surface area contributed by atoms with Crippen LogP contribution < -0.4 is 15.5 Å². The summed E-state index contributed by atoms with van der Waals surface area (Å²) >= 11 is 0. The van der Waals surface area contributed by atoms with Crippen LogP contribution in [-0.4, -0.2) is 31.1 Å². The van der Waals surface area contributed by atoms with Crippen molar-refractivity contribution in [2.75, 3.05) is 18.0 Å². The van der Waals surface area contributed by atoms with E-state index >= 15 is 0 Å². The first-order valence-corrected chi connectivity index (χ1v) is 11.1. The molecule has 3 aromatic carbocycles. The van der Waals surface area contributed by atoms with Crippen molar-refractivity contribution in [2.45, 2.75) is 31.7 Å². The first-order valence-electron chi connectivity index (χ1n) is 11.1.